The van der Waals surface area contributed by atoms with Gasteiger partial charge in [0.25, 0.3) is 0 Å². The minimum atomic E-state index is 0.474. The maximum atomic E-state index is 5.30. The average Bonchev–Trinajstić information content (AvgIpc) is 2.86. The largest absolute Gasteiger partial charge is 0.478 e. The Morgan fingerprint density at radius 1 is 1.47 bits per heavy atom. The fourth-order valence-corrected chi connectivity index (χ4v) is 1.53. The molecule has 0 amide bonds. The van der Waals surface area contributed by atoms with E-state index >= 15 is 0 Å². The van der Waals surface area contributed by atoms with Gasteiger partial charge in [0.1, 0.15) is 18.7 Å². The first-order valence-corrected chi connectivity index (χ1v) is 5.95. The van der Waals surface area contributed by atoms with Crippen molar-refractivity contribution in [2.45, 2.75) is 20.0 Å². The lowest BCUT2D eigenvalue weighted by Gasteiger charge is -2.05. The van der Waals surface area contributed by atoms with Crippen LogP contribution in [0.2, 0.25) is 0 Å². The van der Waals surface area contributed by atoms with Gasteiger partial charge in [-0.2, -0.15) is 5.10 Å². The predicted octanol–water partition coefficient (Wildman–Crippen LogP) is 1.32. The van der Waals surface area contributed by atoms with Crippen molar-refractivity contribution in [2.75, 3.05) is 11.9 Å². The molecule has 2 heterocycles. The highest BCUT2D eigenvalue weighted by Gasteiger charge is 2.01. The van der Waals surface area contributed by atoms with E-state index in [1.54, 1.807) is 16.9 Å². The van der Waals surface area contributed by atoms with Crippen LogP contribution in [0.1, 0.15) is 12.5 Å². The summed E-state index contributed by atoms with van der Waals surface area (Å²) < 4.78 is 7.02. The molecule has 98 valence electrons. The van der Waals surface area contributed by atoms with Crippen molar-refractivity contribution < 1.29 is 4.74 Å². The van der Waals surface area contributed by atoms with Crippen molar-refractivity contribution in [3.8, 4) is 18.2 Å². The molecule has 2 aromatic rings. The van der Waals surface area contributed by atoms with Crippen molar-refractivity contribution in [3.05, 3.63) is 30.4 Å². The molecule has 0 aliphatic carbocycles. The zero-order valence-corrected chi connectivity index (χ0v) is 10.7. The summed E-state index contributed by atoms with van der Waals surface area (Å²) in [5.74, 6) is 3.81. The van der Waals surface area contributed by atoms with Gasteiger partial charge >= 0.3 is 0 Å². The Morgan fingerprint density at radius 2 is 2.37 bits per heavy atom. The zero-order valence-electron chi connectivity index (χ0n) is 10.7. The Morgan fingerprint density at radius 3 is 3.16 bits per heavy atom. The normalized spacial score (nSPS) is 9.89. The van der Waals surface area contributed by atoms with Gasteiger partial charge in [-0.25, -0.2) is 9.97 Å². The van der Waals surface area contributed by atoms with E-state index in [9.17, 15) is 0 Å². The lowest BCUT2D eigenvalue weighted by atomic mass is 10.3. The highest BCUT2D eigenvalue weighted by atomic mass is 16.5. The van der Waals surface area contributed by atoms with Gasteiger partial charge < -0.3 is 10.1 Å². The fraction of sp³-hybridized carbons (Fsp3) is 0.308. The molecule has 2 rings (SSSR count). The molecule has 0 saturated carbocycles. The van der Waals surface area contributed by atoms with Gasteiger partial charge in [-0.3, -0.25) is 4.68 Å². The van der Waals surface area contributed by atoms with Gasteiger partial charge in [0.15, 0.2) is 0 Å². The maximum absolute atomic E-state index is 5.30. The van der Waals surface area contributed by atoms with Crippen LogP contribution in [0.15, 0.2) is 24.8 Å². The number of nitrogens with one attached hydrogen (secondary N) is 1. The van der Waals surface area contributed by atoms with Crippen LogP contribution >= 0.6 is 0 Å². The number of aromatic nitrogens is 4. The molecule has 0 bridgehead atoms. The summed E-state index contributed by atoms with van der Waals surface area (Å²) in [4.78, 5) is 8.12. The maximum Gasteiger partial charge on any atom is 0.218 e. The molecule has 0 atom stereocenters. The summed E-state index contributed by atoms with van der Waals surface area (Å²) >= 11 is 0. The van der Waals surface area contributed by atoms with E-state index in [-0.39, 0.29) is 0 Å². The SMILES string of the molecule is C#CCn1cc(CNc2cc(OCC)ncn2)cn1. The zero-order chi connectivity index (χ0) is 13.5. The second-order valence-electron chi connectivity index (χ2n) is 3.78. The van der Waals surface area contributed by atoms with E-state index in [0.29, 0.717) is 31.4 Å². The molecule has 0 fully saturated rings. The highest BCUT2D eigenvalue weighted by Crippen LogP contribution is 2.11. The number of anilines is 1. The van der Waals surface area contributed by atoms with Crippen molar-refractivity contribution in [3.63, 3.8) is 0 Å². The van der Waals surface area contributed by atoms with Crippen LogP contribution in [0.5, 0.6) is 5.88 Å². The summed E-state index contributed by atoms with van der Waals surface area (Å²) in [6.07, 6.45) is 10.4. The Kier molecular flexibility index (Phi) is 4.34. The van der Waals surface area contributed by atoms with Crippen LogP contribution in [-0.2, 0) is 13.1 Å². The molecule has 6 nitrogen and oxygen atoms in total. The highest BCUT2D eigenvalue weighted by molar-refractivity contribution is 5.37. The first-order chi connectivity index (χ1) is 9.31. The van der Waals surface area contributed by atoms with Gasteiger partial charge in [-0.15, -0.1) is 6.42 Å². The number of terminal acetylenes is 1. The number of rotatable bonds is 6. The standard InChI is InChI=1S/C13H15N5O/c1-3-5-18-9-11(8-17-18)7-14-12-6-13(19-4-2)16-10-15-12/h1,6,8-10H,4-5,7H2,2H3,(H,14,15,16). The van der Waals surface area contributed by atoms with Gasteiger partial charge in [0.2, 0.25) is 5.88 Å². The van der Waals surface area contributed by atoms with Crippen molar-refractivity contribution in [1.29, 1.82) is 0 Å². The van der Waals surface area contributed by atoms with E-state index in [4.69, 9.17) is 11.2 Å². The van der Waals surface area contributed by atoms with Crippen molar-refractivity contribution in [2.24, 2.45) is 0 Å². The Hall–Kier alpha value is -2.55. The molecule has 19 heavy (non-hydrogen) atoms. The summed E-state index contributed by atoms with van der Waals surface area (Å²) in [5, 5.41) is 7.32. The molecule has 0 aliphatic rings. The van der Waals surface area contributed by atoms with E-state index in [1.807, 2.05) is 13.1 Å². The van der Waals surface area contributed by atoms with Gasteiger partial charge in [-0.1, -0.05) is 5.92 Å². The first kappa shape index (κ1) is 12.9. The minimum Gasteiger partial charge on any atom is -0.478 e. The lowest BCUT2D eigenvalue weighted by molar-refractivity contribution is 0.326. The molecule has 0 spiro atoms. The number of nitrogens with zero attached hydrogens (tertiary/aromatic N) is 4. The quantitative estimate of drug-likeness (QED) is 0.791. The van der Waals surface area contributed by atoms with Crippen LogP contribution in [-0.4, -0.2) is 26.4 Å². The number of hydrogen-bond acceptors (Lipinski definition) is 5. The molecular weight excluding hydrogens is 242 g/mol. The second kappa shape index (κ2) is 6.40. The predicted molar refractivity (Wildman–Crippen MR) is 71.6 cm³/mol. The third kappa shape index (κ3) is 3.71. The number of hydrogen-bond donors (Lipinski definition) is 1. The van der Waals surface area contributed by atoms with Gasteiger partial charge in [0.05, 0.1) is 12.8 Å². The molecule has 1 N–H and O–H groups in total. The monoisotopic (exact) mass is 257 g/mol. The molecule has 0 radical (unpaired) electrons. The summed E-state index contributed by atoms with van der Waals surface area (Å²) in [5.41, 5.74) is 1.03. The smallest absolute Gasteiger partial charge is 0.218 e. The lowest BCUT2D eigenvalue weighted by Crippen LogP contribution is -2.02. The molecular formula is C13H15N5O. The van der Waals surface area contributed by atoms with E-state index < -0.39 is 0 Å². The average molecular weight is 257 g/mol. The van der Waals surface area contributed by atoms with Crippen LogP contribution < -0.4 is 10.1 Å². The Labute approximate surface area is 111 Å². The summed E-state index contributed by atoms with van der Waals surface area (Å²) in [6, 6.07) is 1.76. The van der Waals surface area contributed by atoms with Crippen molar-refractivity contribution in [1.82, 2.24) is 19.7 Å². The van der Waals surface area contributed by atoms with Gasteiger partial charge in [0, 0.05) is 24.4 Å². The molecule has 0 saturated heterocycles. The fourth-order valence-electron chi connectivity index (χ4n) is 1.53. The van der Waals surface area contributed by atoms with Crippen LogP contribution in [0, 0.1) is 12.3 Å². The van der Waals surface area contributed by atoms with Crippen LogP contribution in [0.25, 0.3) is 0 Å². The van der Waals surface area contributed by atoms with Crippen LogP contribution in [0.4, 0.5) is 5.82 Å². The molecule has 0 aliphatic heterocycles. The molecule has 6 heteroatoms. The topological polar surface area (TPSA) is 64.9 Å². The Bertz CT molecular complexity index is 572. The first-order valence-electron chi connectivity index (χ1n) is 5.95. The van der Waals surface area contributed by atoms with E-state index in [1.165, 1.54) is 6.33 Å². The second-order valence-corrected chi connectivity index (χ2v) is 3.78. The molecule has 0 unspecified atom stereocenters. The third-order valence-electron chi connectivity index (χ3n) is 2.35. The van der Waals surface area contributed by atoms with Crippen molar-refractivity contribution >= 4 is 5.82 Å². The number of ether oxygens (including phenoxy) is 1. The van der Waals surface area contributed by atoms with Gasteiger partial charge in [-0.05, 0) is 6.92 Å². The molecule has 2 aromatic heterocycles. The minimum absolute atomic E-state index is 0.474. The summed E-state index contributed by atoms with van der Waals surface area (Å²) in [6.45, 7) is 3.58. The Balaban J connectivity index is 1.94. The van der Waals surface area contributed by atoms with E-state index in [2.05, 4.69) is 26.3 Å². The summed E-state index contributed by atoms with van der Waals surface area (Å²) in [7, 11) is 0. The molecule has 0 aromatic carbocycles. The van der Waals surface area contributed by atoms with E-state index in [0.717, 1.165) is 5.56 Å². The third-order valence-corrected chi connectivity index (χ3v) is 2.35. The van der Waals surface area contributed by atoms with Crippen LogP contribution in [0.3, 0.4) is 0 Å².